The van der Waals surface area contributed by atoms with Crippen molar-refractivity contribution in [2.45, 2.75) is 6.54 Å². The Bertz CT molecular complexity index is 908. The third kappa shape index (κ3) is 5.18. The van der Waals surface area contributed by atoms with Crippen LogP contribution in [-0.2, 0) is 16.1 Å². The molecule has 138 valence electrons. The Kier molecular flexibility index (Phi) is 5.84. The summed E-state index contributed by atoms with van der Waals surface area (Å²) in [6.45, 7) is -0.0505. The van der Waals surface area contributed by atoms with Crippen LogP contribution in [0.15, 0.2) is 71.3 Å². The number of carbonyl (C=O) groups excluding carboxylic acids is 2. The Hall–Kier alpha value is -3.61. The van der Waals surface area contributed by atoms with E-state index in [1.807, 2.05) is 6.07 Å². The van der Waals surface area contributed by atoms with Crippen molar-refractivity contribution in [3.63, 3.8) is 0 Å². The number of benzene rings is 2. The lowest BCUT2D eigenvalue weighted by Crippen LogP contribution is -2.21. The van der Waals surface area contributed by atoms with E-state index in [1.54, 1.807) is 36.6 Å². The predicted octanol–water partition coefficient (Wildman–Crippen LogP) is 3.83. The maximum atomic E-state index is 12.9. The van der Waals surface area contributed by atoms with Gasteiger partial charge < -0.3 is 19.8 Å². The molecular formula is C20H17FN2O4. The molecule has 7 heteroatoms. The van der Waals surface area contributed by atoms with Gasteiger partial charge >= 0.3 is 5.97 Å². The summed E-state index contributed by atoms with van der Waals surface area (Å²) < 4.78 is 23.2. The number of para-hydroxylation sites is 1. The lowest BCUT2D eigenvalue weighted by atomic mass is 10.2. The molecule has 0 aliphatic rings. The summed E-state index contributed by atoms with van der Waals surface area (Å²) in [5.74, 6) is -0.835. The van der Waals surface area contributed by atoms with Gasteiger partial charge in [0.15, 0.2) is 6.61 Å². The minimum absolute atomic E-state index is 0.304. The zero-order valence-corrected chi connectivity index (χ0v) is 14.3. The second-order valence-electron chi connectivity index (χ2n) is 5.61. The van der Waals surface area contributed by atoms with Crippen LogP contribution in [-0.4, -0.2) is 18.5 Å². The predicted molar refractivity (Wildman–Crippen MR) is 97.8 cm³/mol. The molecule has 0 radical (unpaired) electrons. The van der Waals surface area contributed by atoms with E-state index in [-0.39, 0.29) is 0 Å². The third-order valence-electron chi connectivity index (χ3n) is 3.64. The molecule has 2 aromatic carbocycles. The van der Waals surface area contributed by atoms with Gasteiger partial charge in [0, 0.05) is 11.4 Å². The van der Waals surface area contributed by atoms with Gasteiger partial charge in [0.1, 0.15) is 11.6 Å². The molecule has 0 atom stereocenters. The Morgan fingerprint density at radius 2 is 1.78 bits per heavy atom. The highest BCUT2D eigenvalue weighted by molar-refractivity contribution is 5.98. The Balaban J connectivity index is 1.55. The van der Waals surface area contributed by atoms with Crippen molar-refractivity contribution in [3.05, 3.63) is 84.1 Å². The van der Waals surface area contributed by atoms with Crippen molar-refractivity contribution in [1.82, 2.24) is 0 Å². The first-order valence-corrected chi connectivity index (χ1v) is 8.19. The number of nitrogens with one attached hydrogen (secondary N) is 2. The number of amides is 1. The molecule has 0 bridgehead atoms. The van der Waals surface area contributed by atoms with Crippen molar-refractivity contribution in [3.8, 4) is 0 Å². The standard InChI is InChI=1S/C20H17FN2O4/c21-14-7-9-15(10-8-14)23-19(24)13-27-20(25)17-5-1-2-6-18(17)22-12-16-4-3-11-26-16/h1-11,22H,12-13H2,(H,23,24). The molecule has 3 aromatic rings. The molecule has 1 amide bonds. The highest BCUT2D eigenvalue weighted by atomic mass is 19.1. The van der Waals surface area contributed by atoms with Gasteiger partial charge in [-0.25, -0.2) is 9.18 Å². The molecule has 0 aliphatic heterocycles. The molecule has 1 heterocycles. The molecule has 0 saturated carbocycles. The van der Waals surface area contributed by atoms with Gasteiger partial charge in [0.25, 0.3) is 5.91 Å². The fraction of sp³-hybridized carbons (Fsp3) is 0.100. The van der Waals surface area contributed by atoms with E-state index in [0.29, 0.717) is 23.5 Å². The lowest BCUT2D eigenvalue weighted by Gasteiger charge is -2.11. The van der Waals surface area contributed by atoms with E-state index < -0.39 is 24.3 Å². The SMILES string of the molecule is O=C(COC(=O)c1ccccc1NCc1ccco1)Nc1ccc(F)cc1. The summed E-state index contributed by atoms with van der Waals surface area (Å²) in [5, 5.41) is 5.62. The first kappa shape index (κ1) is 18.2. The minimum atomic E-state index is -0.633. The summed E-state index contributed by atoms with van der Waals surface area (Å²) in [4.78, 5) is 24.2. The van der Waals surface area contributed by atoms with Crippen molar-refractivity contribution in [2.24, 2.45) is 0 Å². The van der Waals surface area contributed by atoms with Crippen LogP contribution in [0.25, 0.3) is 0 Å². The first-order chi connectivity index (χ1) is 13.1. The number of rotatable bonds is 7. The van der Waals surface area contributed by atoms with Gasteiger partial charge in [-0.05, 0) is 48.5 Å². The highest BCUT2D eigenvalue weighted by Gasteiger charge is 2.14. The van der Waals surface area contributed by atoms with Crippen LogP contribution < -0.4 is 10.6 Å². The summed E-state index contributed by atoms with van der Waals surface area (Å²) >= 11 is 0. The van der Waals surface area contributed by atoms with Gasteiger partial charge in [-0.15, -0.1) is 0 Å². The van der Waals surface area contributed by atoms with Crippen LogP contribution in [0.1, 0.15) is 16.1 Å². The molecule has 0 spiro atoms. The van der Waals surface area contributed by atoms with Gasteiger partial charge in [-0.1, -0.05) is 12.1 Å². The van der Waals surface area contributed by atoms with Gasteiger partial charge in [0.2, 0.25) is 0 Å². The summed E-state index contributed by atoms with van der Waals surface area (Å²) in [7, 11) is 0. The van der Waals surface area contributed by atoms with Crippen LogP contribution >= 0.6 is 0 Å². The minimum Gasteiger partial charge on any atom is -0.467 e. The van der Waals surface area contributed by atoms with E-state index in [1.165, 1.54) is 24.3 Å². The molecule has 3 rings (SSSR count). The molecular weight excluding hydrogens is 351 g/mol. The molecule has 0 saturated heterocycles. The second kappa shape index (κ2) is 8.66. The fourth-order valence-corrected chi connectivity index (χ4v) is 2.35. The average Bonchev–Trinajstić information content (AvgIpc) is 3.20. The van der Waals surface area contributed by atoms with E-state index >= 15 is 0 Å². The number of esters is 1. The molecule has 0 aliphatic carbocycles. The van der Waals surface area contributed by atoms with Crippen molar-refractivity contribution in [1.29, 1.82) is 0 Å². The van der Waals surface area contributed by atoms with Crippen molar-refractivity contribution >= 4 is 23.3 Å². The van der Waals surface area contributed by atoms with Crippen LogP contribution in [0.4, 0.5) is 15.8 Å². The molecule has 1 aromatic heterocycles. The Morgan fingerprint density at radius 3 is 2.52 bits per heavy atom. The number of anilines is 2. The van der Waals surface area contributed by atoms with Crippen LogP contribution in [0, 0.1) is 5.82 Å². The highest BCUT2D eigenvalue weighted by Crippen LogP contribution is 2.17. The van der Waals surface area contributed by atoms with Crippen molar-refractivity contribution in [2.75, 3.05) is 17.2 Å². The number of furan rings is 1. The largest absolute Gasteiger partial charge is 0.467 e. The quantitative estimate of drug-likeness (QED) is 0.620. The second-order valence-corrected chi connectivity index (χ2v) is 5.61. The van der Waals surface area contributed by atoms with E-state index in [2.05, 4.69) is 10.6 Å². The zero-order valence-electron chi connectivity index (χ0n) is 14.3. The summed E-state index contributed by atoms with van der Waals surface area (Å²) in [5.41, 5.74) is 1.29. The fourth-order valence-electron chi connectivity index (χ4n) is 2.35. The maximum Gasteiger partial charge on any atom is 0.340 e. The normalized spacial score (nSPS) is 10.3. The third-order valence-corrected chi connectivity index (χ3v) is 3.64. The van der Waals surface area contributed by atoms with Crippen LogP contribution in [0.3, 0.4) is 0 Å². The smallest absolute Gasteiger partial charge is 0.340 e. The molecule has 6 nitrogen and oxygen atoms in total. The number of halogens is 1. The van der Waals surface area contributed by atoms with E-state index in [9.17, 15) is 14.0 Å². The Labute approximate surface area is 155 Å². The summed E-state index contributed by atoms with van der Waals surface area (Å²) in [6, 6.07) is 15.7. The molecule has 27 heavy (non-hydrogen) atoms. The number of carbonyl (C=O) groups is 2. The van der Waals surface area contributed by atoms with Gasteiger partial charge in [-0.2, -0.15) is 0 Å². The number of ether oxygens (including phenoxy) is 1. The monoisotopic (exact) mass is 368 g/mol. The number of hydrogen-bond acceptors (Lipinski definition) is 5. The average molecular weight is 368 g/mol. The molecule has 2 N–H and O–H groups in total. The maximum absolute atomic E-state index is 12.9. The van der Waals surface area contributed by atoms with Crippen molar-refractivity contribution < 1.29 is 23.1 Å². The van der Waals surface area contributed by atoms with Gasteiger partial charge in [-0.3, -0.25) is 4.79 Å². The lowest BCUT2D eigenvalue weighted by molar-refractivity contribution is -0.119. The van der Waals surface area contributed by atoms with Crippen LogP contribution in [0.2, 0.25) is 0 Å². The topological polar surface area (TPSA) is 80.6 Å². The molecule has 0 unspecified atom stereocenters. The first-order valence-electron chi connectivity index (χ1n) is 8.19. The Morgan fingerprint density at radius 1 is 1.00 bits per heavy atom. The van der Waals surface area contributed by atoms with E-state index in [0.717, 1.165) is 5.76 Å². The zero-order chi connectivity index (χ0) is 19.1. The van der Waals surface area contributed by atoms with Gasteiger partial charge in [0.05, 0.1) is 18.4 Å². The van der Waals surface area contributed by atoms with Crippen LogP contribution in [0.5, 0.6) is 0 Å². The summed E-state index contributed by atoms with van der Waals surface area (Å²) in [6.07, 6.45) is 1.57. The van der Waals surface area contributed by atoms with E-state index in [4.69, 9.17) is 9.15 Å². The number of hydrogen-bond donors (Lipinski definition) is 2. The molecule has 0 fully saturated rings.